The van der Waals surface area contributed by atoms with Gasteiger partial charge >= 0.3 is 0 Å². The van der Waals surface area contributed by atoms with E-state index in [1.807, 2.05) is 36.0 Å². The van der Waals surface area contributed by atoms with Gasteiger partial charge in [-0.05, 0) is 6.07 Å². The minimum atomic E-state index is -0.0298. The number of aryl methyl sites for hydroxylation is 1. The van der Waals surface area contributed by atoms with Crippen molar-refractivity contribution >= 4 is 0 Å². The molecule has 1 unspecified atom stereocenters. The Morgan fingerprint density at radius 1 is 1.24 bits per heavy atom. The monoisotopic (exact) mass is 285 g/mol. The third-order valence-electron chi connectivity index (χ3n) is 3.97. The van der Waals surface area contributed by atoms with E-state index in [0.29, 0.717) is 0 Å². The van der Waals surface area contributed by atoms with Crippen LogP contribution in [0.3, 0.4) is 0 Å². The minimum Gasteiger partial charge on any atom is -0.485 e. The Labute approximate surface area is 125 Å². The molecule has 112 valence electrons. The summed E-state index contributed by atoms with van der Waals surface area (Å²) in [6, 6.07) is 8.04. The fraction of sp³-hybridized carbons (Fsp3) is 0.471. The van der Waals surface area contributed by atoms with E-state index in [0.717, 1.165) is 29.0 Å². The van der Waals surface area contributed by atoms with Gasteiger partial charge in [-0.3, -0.25) is 4.68 Å². The van der Waals surface area contributed by atoms with Crippen molar-refractivity contribution < 1.29 is 4.74 Å². The molecule has 0 spiro atoms. The Bertz CT molecular complexity index is 654. The zero-order valence-corrected chi connectivity index (χ0v) is 13.1. The van der Waals surface area contributed by atoms with Crippen molar-refractivity contribution in [3.8, 4) is 5.75 Å². The highest BCUT2D eigenvalue weighted by atomic mass is 16.5. The normalized spacial score (nSPS) is 21.8. The van der Waals surface area contributed by atoms with Crippen molar-refractivity contribution in [2.45, 2.75) is 44.8 Å². The van der Waals surface area contributed by atoms with Crippen LogP contribution < -0.4 is 10.5 Å². The Kier molecular flexibility index (Phi) is 3.29. The van der Waals surface area contributed by atoms with Crippen LogP contribution in [0.25, 0.3) is 0 Å². The summed E-state index contributed by atoms with van der Waals surface area (Å²) in [5.41, 5.74) is 9.65. The van der Waals surface area contributed by atoms with Crippen LogP contribution in [0.15, 0.2) is 30.5 Å². The van der Waals surface area contributed by atoms with Gasteiger partial charge in [0.2, 0.25) is 0 Å². The number of benzene rings is 1. The summed E-state index contributed by atoms with van der Waals surface area (Å²) >= 11 is 0. The molecule has 1 aromatic heterocycles. The van der Waals surface area contributed by atoms with E-state index in [-0.39, 0.29) is 17.6 Å². The second kappa shape index (κ2) is 4.88. The van der Waals surface area contributed by atoms with Gasteiger partial charge in [-0.1, -0.05) is 39.0 Å². The summed E-state index contributed by atoms with van der Waals surface area (Å²) < 4.78 is 8.07. The molecule has 1 aliphatic rings. The molecule has 0 bridgehead atoms. The van der Waals surface area contributed by atoms with Gasteiger partial charge < -0.3 is 10.5 Å². The van der Waals surface area contributed by atoms with Gasteiger partial charge in [-0.2, -0.15) is 5.10 Å². The Hall–Kier alpha value is -1.81. The number of hydrogen-bond donors (Lipinski definition) is 1. The second-order valence-corrected chi connectivity index (χ2v) is 6.84. The van der Waals surface area contributed by atoms with Crippen molar-refractivity contribution in [1.82, 2.24) is 9.78 Å². The molecular formula is C17H23N3O. The lowest BCUT2D eigenvalue weighted by atomic mass is 9.85. The van der Waals surface area contributed by atoms with E-state index < -0.39 is 0 Å². The molecule has 1 aromatic carbocycles. The second-order valence-electron chi connectivity index (χ2n) is 6.84. The van der Waals surface area contributed by atoms with Crippen LogP contribution in [0, 0.1) is 0 Å². The maximum absolute atomic E-state index is 6.33. The first kappa shape index (κ1) is 14.1. The summed E-state index contributed by atoms with van der Waals surface area (Å²) in [7, 11) is 1.95. The fourth-order valence-electron chi connectivity index (χ4n) is 2.97. The number of ether oxygens (including phenoxy) is 1. The fourth-order valence-corrected chi connectivity index (χ4v) is 2.97. The van der Waals surface area contributed by atoms with Gasteiger partial charge in [0, 0.05) is 42.2 Å². The highest BCUT2D eigenvalue weighted by Gasteiger charge is 2.32. The van der Waals surface area contributed by atoms with Crippen molar-refractivity contribution in [3.63, 3.8) is 0 Å². The number of nitrogens with zero attached hydrogens (tertiary/aromatic N) is 2. The van der Waals surface area contributed by atoms with E-state index >= 15 is 0 Å². The molecule has 21 heavy (non-hydrogen) atoms. The van der Waals surface area contributed by atoms with Crippen LogP contribution in [0.5, 0.6) is 5.75 Å². The third kappa shape index (κ3) is 2.56. The van der Waals surface area contributed by atoms with Crippen LogP contribution in [-0.2, 0) is 12.5 Å². The molecule has 1 aliphatic heterocycles. The van der Waals surface area contributed by atoms with Crippen molar-refractivity contribution in [2.24, 2.45) is 12.8 Å². The SMILES string of the molecule is Cn1cc(C2C[C@H](N)c3ccccc3O2)c(C(C)(C)C)n1. The largest absolute Gasteiger partial charge is 0.485 e. The average Bonchev–Trinajstić information content (AvgIpc) is 2.81. The number of rotatable bonds is 1. The van der Waals surface area contributed by atoms with Crippen LogP contribution in [0.2, 0.25) is 0 Å². The Morgan fingerprint density at radius 3 is 2.67 bits per heavy atom. The summed E-state index contributed by atoms with van der Waals surface area (Å²) in [5.74, 6) is 0.893. The van der Waals surface area contributed by atoms with Crippen molar-refractivity contribution in [2.75, 3.05) is 0 Å². The third-order valence-corrected chi connectivity index (χ3v) is 3.97. The van der Waals surface area contributed by atoms with E-state index in [1.165, 1.54) is 0 Å². The molecule has 0 saturated carbocycles. The first-order valence-electron chi connectivity index (χ1n) is 7.41. The lowest BCUT2D eigenvalue weighted by Crippen LogP contribution is -2.26. The number of aromatic nitrogens is 2. The maximum atomic E-state index is 6.33. The zero-order chi connectivity index (χ0) is 15.2. The number of para-hydroxylation sites is 1. The van der Waals surface area contributed by atoms with Gasteiger partial charge in [0.1, 0.15) is 11.9 Å². The number of fused-ring (bicyclic) bond motifs is 1. The van der Waals surface area contributed by atoms with Gasteiger partial charge in [0.25, 0.3) is 0 Å². The Morgan fingerprint density at radius 2 is 1.95 bits per heavy atom. The quantitative estimate of drug-likeness (QED) is 0.875. The van der Waals surface area contributed by atoms with E-state index in [4.69, 9.17) is 10.5 Å². The van der Waals surface area contributed by atoms with Crippen LogP contribution >= 0.6 is 0 Å². The van der Waals surface area contributed by atoms with Gasteiger partial charge in [0.05, 0.1) is 5.69 Å². The molecule has 2 atom stereocenters. The Balaban J connectivity index is 2.00. The highest BCUT2D eigenvalue weighted by Crippen LogP contribution is 2.41. The predicted octanol–water partition coefficient (Wildman–Crippen LogP) is 3.24. The summed E-state index contributed by atoms with van der Waals surface area (Å²) in [5, 5.41) is 4.63. The molecule has 2 aromatic rings. The van der Waals surface area contributed by atoms with Gasteiger partial charge in [-0.25, -0.2) is 0 Å². The molecule has 0 saturated heterocycles. The van der Waals surface area contributed by atoms with E-state index in [2.05, 4.69) is 32.1 Å². The van der Waals surface area contributed by atoms with Crippen LogP contribution in [-0.4, -0.2) is 9.78 Å². The summed E-state index contributed by atoms with van der Waals surface area (Å²) in [4.78, 5) is 0. The molecule has 4 heteroatoms. The molecular weight excluding hydrogens is 262 g/mol. The summed E-state index contributed by atoms with van der Waals surface area (Å²) in [6.45, 7) is 6.53. The lowest BCUT2D eigenvalue weighted by Gasteiger charge is -2.31. The van der Waals surface area contributed by atoms with Gasteiger partial charge in [-0.15, -0.1) is 0 Å². The van der Waals surface area contributed by atoms with E-state index in [1.54, 1.807) is 0 Å². The first-order valence-corrected chi connectivity index (χ1v) is 7.41. The zero-order valence-electron chi connectivity index (χ0n) is 13.1. The van der Waals surface area contributed by atoms with Crippen LogP contribution in [0.1, 0.15) is 56.2 Å². The smallest absolute Gasteiger partial charge is 0.129 e. The molecule has 0 aliphatic carbocycles. The van der Waals surface area contributed by atoms with E-state index in [9.17, 15) is 0 Å². The van der Waals surface area contributed by atoms with Gasteiger partial charge in [0.15, 0.2) is 0 Å². The molecule has 0 radical (unpaired) electrons. The molecule has 2 heterocycles. The predicted molar refractivity (Wildman–Crippen MR) is 83.3 cm³/mol. The maximum Gasteiger partial charge on any atom is 0.129 e. The average molecular weight is 285 g/mol. The molecule has 0 amide bonds. The van der Waals surface area contributed by atoms with Crippen molar-refractivity contribution in [1.29, 1.82) is 0 Å². The standard InChI is InChI=1S/C17H23N3O/c1-17(2,3)16-12(10-20(4)19-16)15-9-13(18)11-7-5-6-8-14(11)21-15/h5-8,10,13,15H,9,18H2,1-4H3/t13-,15?/m0/s1. The topological polar surface area (TPSA) is 53.1 Å². The highest BCUT2D eigenvalue weighted by molar-refractivity contribution is 5.39. The molecule has 3 rings (SSSR count). The molecule has 4 nitrogen and oxygen atoms in total. The minimum absolute atomic E-state index is 0.00738. The number of nitrogens with two attached hydrogens (primary N) is 1. The van der Waals surface area contributed by atoms with Crippen molar-refractivity contribution in [3.05, 3.63) is 47.3 Å². The molecule has 0 fully saturated rings. The molecule has 2 N–H and O–H groups in total. The lowest BCUT2D eigenvalue weighted by molar-refractivity contribution is 0.159. The number of hydrogen-bond acceptors (Lipinski definition) is 3. The van der Waals surface area contributed by atoms with Crippen LogP contribution in [0.4, 0.5) is 0 Å². The first-order chi connectivity index (χ1) is 9.86. The summed E-state index contributed by atoms with van der Waals surface area (Å²) in [6.07, 6.45) is 2.82.